The van der Waals surface area contributed by atoms with Crippen LogP contribution < -0.4 is 19.3 Å². The van der Waals surface area contributed by atoms with E-state index in [0.717, 1.165) is 9.80 Å². The first-order valence-electron chi connectivity index (χ1n) is 6.62. The number of benzene rings is 2. The fourth-order valence-electron chi connectivity index (χ4n) is 2.22. The normalized spacial score (nSPS) is 13.9. The molecule has 0 aliphatic carbocycles. The summed E-state index contributed by atoms with van der Waals surface area (Å²) in [6.07, 6.45) is 0. The first-order valence-corrected chi connectivity index (χ1v) is 6.62. The summed E-state index contributed by atoms with van der Waals surface area (Å²) < 4.78 is 10.1. The first kappa shape index (κ1) is 13.9. The number of urea groups is 2. The molecule has 6 heteroatoms. The third-order valence-electron chi connectivity index (χ3n) is 3.43. The number of hydrogen-bond donors (Lipinski definition) is 0. The van der Waals surface area contributed by atoms with E-state index < -0.39 is 0 Å². The van der Waals surface area contributed by atoms with E-state index in [0.29, 0.717) is 22.9 Å². The Morgan fingerprint density at radius 2 is 0.955 bits per heavy atom. The standard InChI is InChI=1S/C16H14N2O4/c1-21-13-7-3-11(4-8-13)17-15(19)18(16(17)20)12-5-9-14(22-2)10-6-12/h3-10H,1-2H3. The molecule has 2 aromatic carbocycles. The van der Waals surface area contributed by atoms with Crippen molar-refractivity contribution >= 4 is 23.4 Å². The van der Waals surface area contributed by atoms with E-state index in [4.69, 9.17) is 9.47 Å². The van der Waals surface area contributed by atoms with E-state index in [1.807, 2.05) is 0 Å². The molecular weight excluding hydrogens is 284 g/mol. The van der Waals surface area contributed by atoms with Crippen molar-refractivity contribution in [1.29, 1.82) is 0 Å². The lowest BCUT2D eigenvalue weighted by Gasteiger charge is -2.38. The maximum absolute atomic E-state index is 12.3. The summed E-state index contributed by atoms with van der Waals surface area (Å²) >= 11 is 0. The highest BCUT2D eigenvalue weighted by Gasteiger charge is 2.45. The number of anilines is 2. The zero-order valence-corrected chi connectivity index (χ0v) is 12.1. The van der Waals surface area contributed by atoms with Gasteiger partial charge in [-0.15, -0.1) is 0 Å². The summed E-state index contributed by atoms with van der Waals surface area (Å²) in [5, 5.41) is 0. The van der Waals surface area contributed by atoms with Crippen LogP contribution in [0.4, 0.5) is 21.0 Å². The van der Waals surface area contributed by atoms with Crippen molar-refractivity contribution in [1.82, 2.24) is 0 Å². The molecule has 0 atom stereocenters. The van der Waals surface area contributed by atoms with Gasteiger partial charge in [0.1, 0.15) is 11.5 Å². The molecule has 4 amide bonds. The smallest absolute Gasteiger partial charge is 0.345 e. The summed E-state index contributed by atoms with van der Waals surface area (Å²) in [5.74, 6) is 1.33. The second-order valence-corrected chi connectivity index (χ2v) is 4.63. The van der Waals surface area contributed by atoms with Gasteiger partial charge in [-0.3, -0.25) is 0 Å². The molecule has 0 bridgehead atoms. The third-order valence-corrected chi connectivity index (χ3v) is 3.43. The van der Waals surface area contributed by atoms with E-state index in [1.165, 1.54) is 0 Å². The molecule has 0 unspecified atom stereocenters. The van der Waals surface area contributed by atoms with E-state index in [1.54, 1.807) is 62.8 Å². The molecule has 2 aromatic rings. The molecule has 0 aromatic heterocycles. The molecule has 0 saturated carbocycles. The topological polar surface area (TPSA) is 59.1 Å². The molecule has 1 aliphatic heterocycles. The Balaban J connectivity index is 1.81. The Kier molecular flexibility index (Phi) is 3.42. The Bertz CT molecular complexity index is 634. The van der Waals surface area contributed by atoms with Crippen molar-refractivity contribution in [2.45, 2.75) is 0 Å². The summed E-state index contributed by atoms with van der Waals surface area (Å²) in [7, 11) is 3.11. The molecule has 1 fully saturated rings. The molecule has 0 N–H and O–H groups in total. The number of nitrogens with zero attached hydrogens (tertiary/aromatic N) is 2. The van der Waals surface area contributed by atoms with Gasteiger partial charge in [0.25, 0.3) is 0 Å². The van der Waals surface area contributed by atoms with Gasteiger partial charge in [0, 0.05) is 0 Å². The fraction of sp³-hybridized carbons (Fsp3) is 0.125. The number of ether oxygens (including phenoxy) is 2. The van der Waals surface area contributed by atoms with Crippen molar-refractivity contribution in [3.8, 4) is 11.5 Å². The van der Waals surface area contributed by atoms with Crippen LogP contribution in [0.25, 0.3) is 0 Å². The number of rotatable bonds is 4. The maximum atomic E-state index is 12.3. The van der Waals surface area contributed by atoms with Gasteiger partial charge in [0.2, 0.25) is 0 Å². The second kappa shape index (κ2) is 5.40. The van der Waals surface area contributed by atoms with Gasteiger partial charge in [-0.1, -0.05) is 0 Å². The number of methoxy groups -OCH3 is 2. The highest BCUT2D eigenvalue weighted by molar-refractivity contribution is 6.41. The van der Waals surface area contributed by atoms with Crippen LogP contribution in [0, 0.1) is 0 Å². The Morgan fingerprint density at radius 1 is 0.636 bits per heavy atom. The summed E-state index contributed by atoms with van der Waals surface area (Å²) in [6.45, 7) is 0. The average Bonchev–Trinajstić information content (AvgIpc) is 2.56. The van der Waals surface area contributed by atoms with Crippen molar-refractivity contribution < 1.29 is 19.1 Å². The lowest BCUT2D eigenvalue weighted by Crippen LogP contribution is -2.64. The quantitative estimate of drug-likeness (QED) is 0.869. The van der Waals surface area contributed by atoms with E-state index in [-0.39, 0.29) is 12.1 Å². The van der Waals surface area contributed by atoms with Crippen LogP contribution >= 0.6 is 0 Å². The molecule has 6 nitrogen and oxygen atoms in total. The number of imide groups is 2. The van der Waals surface area contributed by atoms with Crippen LogP contribution in [-0.2, 0) is 0 Å². The highest BCUT2D eigenvalue weighted by Crippen LogP contribution is 2.32. The molecule has 0 spiro atoms. The number of carbonyl (C=O) groups is 2. The molecule has 1 saturated heterocycles. The molecule has 1 aliphatic rings. The monoisotopic (exact) mass is 298 g/mol. The van der Waals surface area contributed by atoms with Crippen LogP contribution in [0.5, 0.6) is 11.5 Å². The van der Waals surface area contributed by atoms with Gasteiger partial charge in [-0.05, 0) is 48.5 Å². The van der Waals surface area contributed by atoms with Crippen LogP contribution in [0.2, 0.25) is 0 Å². The average molecular weight is 298 g/mol. The number of amides is 4. The van der Waals surface area contributed by atoms with Crippen LogP contribution in [-0.4, -0.2) is 26.3 Å². The van der Waals surface area contributed by atoms with Gasteiger partial charge in [0.15, 0.2) is 0 Å². The number of carbonyl (C=O) groups excluding carboxylic acids is 2. The molecule has 1 heterocycles. The molecule has 112 valence electrons. The van der Waals surface area contributed by atoms with E-state index in [9.17, 15) is 9.59 Å². The van der Waals surface area contributed by atoms with Crippen molar-refractivity contribution in [3.05, 3.63) is 48.5 Å². The summed E-state index contributed by atoms with van der Waals surface area (Å²) in [4.78, 5) is 26.7. The third kappa shape index (κ3) is 2.14. The van der Waals surface area contributed by atoms with Gasteiger partial charge in [-0.25, -0.2) is 19.4 Å². The minimum atomic E-state index is -0.389. The predicted molar refractivity (Wildman–Crippen MR) is 81.7 cm³/mol. The summed E-state index contributed by atoms with van der Waals surface area (Å²) in [5.41, 5.74) is 1.03. The van der Waals surface area contributed by atoms with Crippen LogP contribution in [0.3, 0.4) is 0 Å². The zero-order chi connectivity index (χ0) is 15.7. The van der Waals surface area contributed by atoms with Gasteiger partial charge >= 0.3 is 12.1 Å². The molecule has 3 rings (SSSR count). The Morgan fingerprint density at radius 3 is 1.23 bits per heavy atom. The van der Waals surface area contributed by atoms with Crippen molar-refractivity contribution in [2.24, 2.45) is 0 Å². The second-order valence-electron chi connectivity index (χ2n) is 4.63. The van der Waals surface area contributed by atoms with Gasteiger partial charge in [0.05, 0.1) is 25.6 Å². The van der Waals surface area contributed by atoms with E-state index in [2.05, 4.69) is 0 Å². The lowest BCUT2D eigenvalue weighted by atomic mass is 10.2. The van der Waals surface area contributed by atoms with E-state index >= 15 is 0 Å². The Labute approximate surface area is 127 Å². The number of hydrogen-bond acceptors (Lipinski definition) is 4. The van der Waals surface area contributed by atoms with Gasteiger partial charge in [-0.2, -0.15) is 0 Å². The van der Waals surface area contributed by atoms with Crippen LogP contribution in [0.1, 0.15) is 0 Å². The predicted octanol–water partition coefficient (Wildman–Crippen LogP) is 3.27. The zero-order valence-electron chi connectivity index (χ0n) is 12.1. The lowest BCUT2D eigenvalue weighted by molar-refractivity contribution is 0.226. The Hall–Kier alpha value is -3.02. The fourth-order valence-corrected chi connectivity index (χ4v) is 2.22. The largest absolute Gasteiger partial charge is 0.497 e. The minimum absolute atomic E-state index is 0.389. The van der Waals surface area contributed by atoms with Crippen molar-refractivity contribution in [3.63, 3.8) is 0 Å². The first-order chi connectivity index (χ1) is 10.7. The SMILES string of the molecule is COc1ccc(N2C(=O)N(c3ccc(OC)cc3)C2=O)cc1. The molecule has 0 radical (unpaired) electrons. The highest BCUT2D eigenvalue weighted by atomic mass is 16.5. The molecular formula is C16H14N2O4. The minimum Gasteiger partial charge on any atom is -0.497 e. The molecule has 22 heavy (non-hydrogen) atoms. The summed E-state index contributed by atoms with van der Waals surface area (Å²) in [6, 6.07) is 12.7. The maximum Gasteiger partial charge on any atom is 0.345 e. The van der Waals surface area contributed by atoms with Crippen molar-refractivity contribution in [2.75, 3.05) is 24.0 Å². The van der Waals surface area contributed by atoms with Gasteiger partial charge < -0.3 is 9.47 Å². The van der Waals surface area contributed by atoms with Crippen LogP contribution in [0.15, 0.2) is 48.5 Å².